The maximum Gasteiger partial charge on any atom is 0.311 e. The number of halogens is 1. The van der Waals surface area contributed by atoms with Crippen molar-refractivity contribution in [2.75, 3.05) is 0 Å². The molecule has 15 heavy (non-hydrogen) atoms. The third kappa shape index (κ3) is 2.96. The molecular weight excluding hydrogens is 212 g/mol. The van der Waals surface area contributed by atoms with Crippen LogP contribution in [0.1, 0.15) is 31.7 Å². The Morgan fingerprint density at radius 3 is 2.33 bits per heavy atom. The van der Waals surface area contributed by atoms with E-state index in [1.807, 2.05) is 13.8 Å². The van der Waals surface area contributed by atoms with Crippen molar-refractivity contribution in [2.45, 2.75) is 26.2 Å². The molecule has 2 atom stereocenters. The number of hydrogen-bond donors (Lipinski definition) is 1. The van der Waals surface area contributed by atoms with E-state index in [2.05, 4.69) is 0 Å². The number of carbonyl (C=O) groups is 1. The van der Waals surface area contributed by atoms with Crippen molar-refractivity contribution in [1.82, 2.24) is 0 Å². The number of rotatable bonds is 4. The van der Waals surface area contributed by atoms with Gasteiger partial charge < -0.3 is 5.11 Å². The van der Waals surface area contributed by atoms with Crippen LogP contribution < -0.4 is 0 Å². The minimum absolute atomic E-state index is 0.128. The lowest BCUT2D eigenvalue weighted by Crippen LogP contribution is -2.18. The van der Waals surface area contributed by atoms with Crippen molar-refractivity contribution in [1.29, 1.82) is 0 Å². The number of carboxylic acid groups (broad SMARTS) is 1. The zero-order chi connectivity index (χ0) is 11.4. The van der Waals surface area contributed by atoms with Gasteiger partial charge in [-0.3, -0.25) is 4.79 Å². The Kier molecular flexibility index (Phi) is 4.15. The van der Waals surface area contributed by atoms with Crippen LogP contribution in [0.15, 0.2) is 24.3 Å². The van der Waals surface area contributed by atoms with E-state index in [9.17, 15) is 4.79 Å². The molecule has 0 amide bonds. The predicted molar refractivity (Wildman–Crippen MR) is 61.3 cm³/mol. The first kappa shape index (κ1) is 12.1. The van der Waals surface area contributed by atoms with E-state index in [1.165, 1.54) is 0 Å². The molecule has 1 N–H and O–H groups in total. The lowest BCUT2D eigenvalue weighted by atomic mass is 9.86. The fraction of sp³-hybridized carbons (Fsp3) is 0.417. The molecule has 82 valence electrons. The Hall–Kier alpha value is -1.02. The van der Waals surface area contributed by atoms with Gasteiger partial charge in [-0.2, -0.15) is 0 Å². The summed E-state index contributed by atoms with van der Waals surface area (Å²) in [7, 11) is 0. The lowest BCUT2D eigenvalue weighted by molar-refractivity contribution is -0.140. The number of aliphatic carboxylic acids is 1. The van der Waals surface area contributed by atoms with E-state index < -0.39 is 11.9 Å². The second kappa shape index (κ2) is 5.17. The Bertz CT molecular complexity index is 332. The molecule has 0 aliphatic rings. The summed E-state index contributed by atoms with van der Waals surface area (Å²) >= 11 is 5.76. The molecule has 0 radical (unpaired) electrons. The predicted octanol–water partition coefficient (Wildman–Crippen LogP) is 3.55. The monoisotopic (exact) mass is 226 g/mol. The standard InChI is InChI=1S/C12H15ClO2/c1-3-8(2)11(12(14)15)9-4-6-10(13)7-5-9/h4-8,11H,3H2,1-2H3,(H,14,15)/t8?,11-/m1/s1. The van der Waals surface area contributed by atoms with Gasteiger partial charge in [-0.1, -0.05) is 44.0 Å². The first-order valence-corrected chi connectivity index (χ1v) is 5.42. The summed E-state index contributed by atoms with van der Waals surface area (Å²) < 4.78 is 0. The smallest absolute Gasteiger partial charge is 0.311 e. The largest absolute Gasteiger partial charge is 0.481 e. The summed E-state index contributed by atoms with van der Waals surface area (Å²) in [6, 6.07) is 7.03. The average molecular weight is 227 g/mol. The van der Waals surface area contributed by atoms with Gasteiger partial charge in [0.25, 0.3) is 0 Å². The second-order valence-corrected chi connectivity index (χ2v) is 4.19. The molecule has 0 aromatic heterocycles. The fourth-order valence-electron chi connectivity index (χ4n) is 1.62. The highest BCUT2D eigenvalue weighted by Crippen LogP contribution is 2.28. The molecule has 0 aliphatic heterocycles. The third-order valence-corrected chi connectivity index (χ3v) is 2.96. The molecule has 1 rings (SSSR count). The lowest BCUT2D eigenvalue weighted by Gasteiger charge is -2.18. The molecular formula is C12H15ClO2. The highest BCUT2D eigenvalue weighted by atomic mass is 35.5. The fourth-order valence-corrected chi connectivity index (χ4v) is 1.75. The summed E-state index contributed by atoms with van der Waals surface area (Å²) in [6.45, 7) is 3.95. The van der Waals surface area contributed by atoms with Crippen LogP contribution in [0.4, 0.5) is 0 Å². The van der Waals surface area contributed by atoms with Crippen molar-refractivity contribution < 1.29 is 9.90 Å². The third-order valence-electron chi connectivity index (χ3n) is 2.71. The van der Waals surface area contributed by atoms with Crippen LogP contribution in [-0.4, -0.2) is 11.1 Å². The Morgan fingerprint density at radius 2 is 1.93 bits per heavy atom. The van der Waals surface area contributed by atoms with Gasteiger partial charge in [0.05, 0.1) is 5.92 Å². The van der Waals surface area contributed by atoms with Crippen molar-refractivity contribution in [3.8, 4) is 0 Å². The van der Waals surface area contributed by atoms with Gasteiger partial charge in [0.2, 0.25) is 0 Å². The van der Waals surface area contributed by atoms with Crippen molar-refractivity contribution >= 4 is 17.6 Å². The molecule has 0 aliphatic carbocycles. The molecule has 2 nitrogen and oxygen atoms in total. The summed E-state index contributed by atoms with van der Waals surface area (Å²) in [5.74, 6) is -1.08. The van der Waals surface area contributed by atoms with Crippen LogP contribution in [0.2, 0.25) is 5.02 Å². The molecule has 0 bridgehead atoms. The van der Waals surface area contributed by atoms with Gasteiger partial charge >= 0.3 is 5.97 Å². The zero-order valence-electron chi connectivity index (χ0n) is 8.90. The summed E-state index contributed by atoms with van der Waals surface area (Å²) in [4.78, 5) is 11.2. The minimum atomic E-state index is -0.772. The van der Waals surface area contributed by atoms with Gasteiger partial charge in [-0.05, 0) is 23.6 Å². The topological polar surface area (TPSA) is 37.3 Å². The molecule has 3 heteroatoms. The second-order valence-electron chi connectivity index (χ2n) is 3.75. The van der Waals surface area contributed by atoms with Crippen LogP contribution in [0, 0.1) is 5.92 Å². The first-order chi connectivity index (χ1) is 7.06. The van der Waals surface area contributed by atoms with Gasteiger partial charge in [0.1, 0.15) is 0 Å². The Balaban J connectivity index is 2.99. The van der Waals surface area contributed by atoms with Crippen LogP contribution in [0.3, 0.4) is 0 Å². The molecule has 0 spiro atoms. The molecule has 0 saturated heterocycles. The van der Waals surface area contributed by atoms with Crippen molar-refractivity contribution in [3.63, 3.8) is 0 Å². The maximum absolute atomic E-state index is 11.2. The van der Waals surface area contributed by atoms with E-state index in [-0.39, 0.29) is 5.92 Å². The molecule has 0 saturated carbocycles. The number of carboxylic acids is 1. The van der Waals surface area contributed by atoms with E-state index >= 15 is 0 Å². The van der Waals surface area contributed by atoms with E-state index in [0.29, 0.717) is 5.02 Å². The summed E-state index contributed by atoms with van der Waals surface area (Å²) in [5, 5.41) is 9.80. The molecule has 1 aromatic carbocycles. The van der Waals surface area contributed by atoms with Crippen LogP contribution in [0.25, 0.3) is 0 Å². The zero-order valence-corrected chi connectivity index (χ0v) is 9.66. The highest BCUT2D eigenvalue weighted by Gasteiger charge is 2.24. The summed E-state index contributed by atoms with van der Waals surface area (Å²) in [5.41, 5.74) is 0.821. The van der Waals surface area contributed by atoms with Crippen LogP contribution in [-0.2, 0) is 4.79 Å². The van der Waals surface area contributed by atoms with E-state index in [0.717, 1.165) is 12.0 Å². The van der Waals surface area contributed by atoms with E-state index in [1.54, 1.807) is 24.3 Å². The molecule has 0 heterocycles. The minimum Gasteiger partial charge on any atom is -0.481 e. The Labute approximate surface area is 94.9 Å². The number of hydrogen-bond acceptors (Lipinski definition) is 1. The normalized spacial score (nSPS) is 14.6. The Morgan fingerprint density at radius 1 is 1.40 bits per heavy atom. The van der Waals surface area contributed by atoms with Gasteiger partial charge in [-0.25, -0.2) is 0 Å². The van der Waals surface area contributed by atoms with Gasteiger partial charge in [-0.15, -0.1) is 0 Å². The quantitative estimate of drug-likeness (QED) is 0.853. The van der Waals surface area contributed by atoms with Crippen molar-refractivity contribution in [3.05, 3.63) is 34.9 Å². The molecule has 1 aromatic rings. The first-order valence-electron chi connectivity index (χ1n) is 5.04. The SMILES string of the molecule is CCC(C)[C@@H](C(=O)O)c1ccc(Cl)cc1. The van der Waals surface area contributed by atoms with Gasteiger partial charge in [0.15, 0.2) is 0 Å². The maximum atomic E-state index is 11.2. The highest BCUT2D eigenvalue weighted by molar-refractivity contribution is 6.30. The molecule has 1 unspecified atom stereocenters. The summed E-state index contributed by atoms with van der Waals surface area (Å²) in [6.07, 6.45) is 0.847. The average Bonchev–Trinajstić information content (AvgIpc) is 2.20. The van der Waals surface area contributed by atoms with Crippen molar-refractivity contribution in [2.24, 2.45) is 5.92 Å². The van der Waals surface area contributed by atoms with Gasteiger partial charge in [0, 0.05) is 5.02 Å². The number of benzene rings is 1. The van der Waals surface area contributed by atoms with E-state index in [4.69, 9.17) is 16.7 Å². The van der Waals surface area contributed by atoms with Crippen LogP contribution >= 0.6 is 11.6 Å². The molecule has 0 fully saturated rings. The van der Waals surface area contributed by atoms with Crippen LogP contribution in [0.5, 0.6) is 0 Å².